The average Bonchev–Trinajstić information content (AvgIpc) is 2.75. The van der Waals surface area contributed by atoms with Gasteiger partial charge in [0.15, 0.2) is 0 Å². The molecule has 0 amide bonds. The second-order valence-corrected chi connectivity index (χ2v) is 6.21. The third-order valence-electron chi connectivity index (χ3n) is 4.23. The summed E-state index contributed by atoms with van der Waals surface area (Å²) in [6.45, 7) is 0. The molecule has 1 aromatic heterocycles. The number of nitrogens with two attached hydrogens (primary N) is 1. The van der Waals surface area contributed by atoms with Gasteiger partial charge in [-0.1, -0.05) is 30.3 Å². The van der Waals surface area contributed by atoms with Gasteiger partial charge in [0, 0.05) is 22.4 Å². The fourth-order valence-corrected chi connectivity index (χ4v) is 4.32. The number of thiazole rings is 1. The van der Waals surface area contributed by atoms with Crippen LogP contribution in [0, 0.1) is 5.92 Å². The minimum Gasteiger partial charge on any atom is -0.324 e. The standard InChI is InChI=1S/C14H14N2S/c15-14-6-10(7-14)12(14)13-16-11(8-17-13)9-4-2-1-3-5-9/h1-5,8,10,12H,6-7,15H2. The van der Waals surface area contributed by atoms with Crippen molar-refractivity contribution in [2.45, 2.75) is 24.3 Å². The Morgan fingerprint density at radius 3 is 2.59 bits per heavy atom. The van der Waals surface area contributed by atoms with Gasteiger partial charge >= 0.3 is 0 Å². The monoisotopic (exact) mass is 242 g/mol. The highest BCUT2D eigenvalue weighted by molar-refractivity contribution is 7.10. The first-order chi connectivity index (χ1) is 8.26. The number of hydrogen-bond donors (Lipinski definition) is 1. The van der Waals surface area contributed by atoms with Crippen molar-refractivity contribution < 1.29 is 0 Å². The molecule has 0 radical (unpaired) electrons. The molecule has 1 atom stereocenters. The van der Waals surface area contributed by atoms with E-state index in [1.807, 2.05) is 6.07 Å². The van der Waals surface area contributed by atoms with Gasteiger partial charge < -0.3 is 5.73 Å². The zero-order valence-corrected chi connectivity index (χ0v) is 10.3. The van der Waals surface area contributed by atoms with Gasteiger partial charge in [-0.3, -0.25) is 0 Å². The lowest BCUT2D eigenvalue weighted by Gasteiger charge is -2.65. The summed E-state index contributed by atoms with van der Waals surface area (Å²) in [6, 6.07) is 10.4. The van der Waals surface area contributed by atoms with E-state index < -0.39 is 0 Å². The van der Waals surface area contributed by atoms with E-state index in [0.717, 1.165) is 11.6 Å². The molecule has 2 aromatic rings. The van der Waals surface area contributed by atoms with Crippen LogP contribution in [0.25, 0.3) is 11.3 Å². The maximum absolute atomic E-state index is 6.28. The highest BCUT2D eigenvalue weighted by Crippen LogP contribution is 2.65. The van der Waals surface area contributed by atoms with E-state index in [0.29, 0.717) is 5.92 Å². The third-order valence-corrected chi connectivity index (χ3v) is 5.16. The molecule has 0 spiro atoms. The number of benzene rings is 1. The molecule has 3 heteroatoms. The number of hydrogen-bond acceptors (Lipinski definition) is 3. The maximum atomic E-state index is 6.28. The summed E-state index contributed by atoms with van der Waals surface area (Å²) in [5.74, 6) is 1.36. The SMILES string of the molecule is NC12CC(C1)C2c1nc(-c2ccccc2)cs1. The van der Waals surface area contributed by atoms with Gasteiger partial charge in [0.1, 0.15) is 0 Å². The van der Waals surface area contributed by atoms with Gasteiger partial charge in [0.2, 0.25) is 0 Å². The van der Waals surface area contributed by atoms with Crippen LogP contribution in [0.2, 0.25) is 0 Å². The molecule has 86 valence electrons. The average molecular weight is 242 g/mol. The first-order valence-electron chi connectivity index (χ1n) is 6.06. The van der Waals surface area contributed by atoms with E-state index in [4.69, 9.17) is 10.7 Å². The van der Waals surface area contributed by atoms with E-state index in [9.17, 15) is 0 Å². The van der Waals surface area contributed by atoms with Crippen LogP contribution >= 0.6 is 11.3 Å². The van der Waals surface area contributed by atoms with Crippen LogP contribution in [-0.4, -0.2) is 10.5 Å². The second-order valence-electron chi connectivity index (χ2n) is 5.32. The topological polar surface area (TPSA) is 38.9 Å². The zero-order chi connectivity index (χ0) is 11.5. The predicted octanol–water partition coefficient (Wildman–Crippen LogP) is 3.01. The summed E-state index contributed by atoms with van der Waals surface area (Å²) in [7, 11) is 0. The Morgan fingerprint density at radius 1 is 1.24 bits per heavy atom. The van der Waals surface area contributed by atoms with Crippen molar-refractivity contribution in [2.24, 2.45) is 11.7 Å². The molecule has 1 unspecified atom stereocenters. The fourth-order valence-electron chi connectivity index (χ4n) is 3.17. The van der Waals surface area contributed by atoms with Crippen molar-refractivity contribution in [3.63, 3.8) is 0 Å². The first-order valence-corrected chi connectivity index (χ1v) is 6.94. The van der Waals surface area contributed by atoms with Gasteiger partial charge in [-0.05, 0) is 18.8 Å². The second kappa shape index (κ2) is 3.18. The molecule has 3 aliphatic carbocycles. The Hall–Kier alpha value is -1.19. The highest BCUT2D eigenvalue weighted by atomic mass is 32.1. The molecular formula is C14H14N2S. The van der Waals surface area contributed by atoms with Gasteiger partial charge in [-0.15, -0.1) is 11.3 Å². The Balaban J connectivity index is 1.66. The maximum Gasteiger partial charge on any atom is 0.0984 e. The predicted molar refractivity (Wildman–Crippen MR) is 69.9 cm³/mol. The fraction of sp³-hybridized carbons (Fsp3) is 0.357. The van der Waals surface area contributed by atoms with Crippen molar-refractivity contribution >= 4 is 11.3 Å². The summed E-state index contributed by atoms with van der Waals surface area (Å²) < 4.78 is 0. The van der Waals surface area contributed by atoms with E-state index >= 15 is 0 Å². The molecule has 2 nitrogen and oxygen atoms in total. The molecule has 1 heterocycles. The summed E-state index contributed by atoms with van der Waals surface area (Å²) in [6.07, 6.45) is 2.41. The quantitative estimate of drug-likeness (QED) is 0.879. The van der Waals surface area contributed by atoms with Crippen LogP contribution in [0.15, 0.2) is 35.7 Å². The van der Waals surface area contributed by atoms with Crippen molar-refractivity contribution in [1.29, 1.82) is 0 Å². The normalized spacial score (nSPS) is 33.9. The van der Waals surface area contributed by atoms with E-state index in [1.54, 1.807) is 11.3 Å². The van der Waals surface area contributed by atoms with Crippen LogP contribution in [0.5, 0.6) is 0 Å². The molecule has 1 aromatic carbocycles. The Labute approximate surface area is 105 Å². The van der Waals surface area contributed by atoms with E-state index in [2.05, 4.69) is 29.6 Å². The first kappa shape index (κ1) is 9.80. The molecular weight excluding hydrogens is 228 g/mol. The molecule has 3 fully saturated rings. The summed E-state index contributed by atoms with van der Waals surface area (Å²) in [5, 5.41) is 3.40. The molecule has 17 heavy (non-hydrogen) atoms. The van der Waals surface area contributed by atoms with Gasteiger partial charge in [0.05, 0.1) is 10.7 Å². The largest absolute Gasteiger partial charge is 0.324 e. The molecule has 5 rings (SSSR count). The lowest BCUT2D eigenvalue weighted by atomic mass is 9.43. The lowest BCUT2D eigenvalue weighted by molar-refractivity contribution is -0.0565. The minimum atomic E-state index is 0.0937. The van der Waals surface area contributed by atoms with Crippen LogP contribution in [-0.2, 0) is 0 Å². The summed E-state index contributed by atoms with van der Waals surface area (Å²) >= 11 is 1.77. The summed E-state index contributed by atoms with van der Waals surface area (Å²) in [4.78, 5) is 4.77. The van der Waals surface area contributed by atoms with Gasteiger partial charge in [0.25, 0.3) is 0 Å². The van der Waals surface area contributed by atoms with Crippen LogP contribution in [0.3, 0.4) is 0 Å². The molecule has 2 N–H and O–H groups in total. The Kier molecular flexibility index (Phi) is 1.83. The van der Waals surface area contributed by atoms with Gasteiger partial charge in [-0.25, -0.2) is 4.98 Å². The van der Waals surface area contributed by atoms with Crippen molar-refractivity contribution in [3.8, 4) is 11.3 Å². The Bertz CT molecular complexity index is 555. The molecule has 3 saturated carbocycles. The number of aromatic nitrogens is 1. The summed E-state index contributed by atoms with van der Waals surface area (Å²) in [5.41, 5.74) is 8.67. The number of nitrogens with zero attached hydrogens (tertiary/aromatic N) is 1. The third kappa shape index (κ3) is 1.27. The molecule has 0 aliphatic heterocycles. The molecule has 2 bridgehead atoms. The van der Waals surface area contributed by atoms with Crippen molar-refractivity contribution in [2.75, 3.05) is 0 Å². The zero-order valence-electron chi connectivity index (χ0n) is 9.47. The smallest absolute Gasteiger partial charge is 0.0984 e. The lowest BCUT2D eigenvalue weighted by Crippen LogP contribution is -2.70. The highest BCUT2D eigenvalue weighted by Gasteiger charge is 2.64. The van der Waals surface area contributed by atoms with Gasteiger partial charge in [-0.2, -0.15) is 0 Å². The van der Waals surface area contributed by atoms with Crippen molar-refractivity contribution in [1.82, 2.24) is 4.98 Å². The van der Waals surface area contributed by atoms with Crippen LogP contribution in [0.1, 0.15) is 23.8 Å². The van der Waals surface area contributed by atoms with E-state index in [1.165, 1.54) is 23.4 Å². The Morgan fingerprint density at radius 2 is 2.00 bits per heavy atom. The minimum absolute atomic E-state index is 0.0937. The van der Waals surface area contributed by atoms with Crippen LogP contribution < -0.4 is 5.73 Å². The molecule has 0 saturated heterocycles. The van der Waals surface area contributed by atoms with Crippen molar-refractivity contribution in [3.05, 3.63) is 40.7 Å². The van der Waals surface area contributed by atoms with Crippen LogP contribution in [0.4, 0.5) is 0 Å². The van der Waals surface area contributed by atoms with E-state index in [-0.39, 0.29) is 5.54 Å². The molecule has 3 aliphatic rings. The number of rotatable bonds is 2.